The number of anilines is 4. The van der Waals surface area contributed by atoms with Gasteiger partial charge in [-0.2, -0.15) is 4.98 Å². The number of nitrogens with zero attached hydrogens (tertiary/aromatic N) is 3. The van der Waals surface area contributed by atoms with Crippen molar-refractivity contribution >= 4 is 40.6 Å². The minimum atomic E-state index is -0.108. The molecule has 2 fully saturated rings. The van der Waals surface area contributed by atoms with Gasteiger partial charge in [0.2, 0.25) is 11.9 Å². The van der Waals surface area contributed by atoms with Gasteiger partial charge in [-0.25, -0.2) is 4.98 Å². The SMILES string of the molecule is CCN1CC[C@@H](Nc2ccc(Nc3ncc(Cl)c(N[C@@H]4CCC[C@@H]4C(=O)NC(C)C)n3)cc2OC)C1. The zero-order valence-corrected chi connectivity index (χ0v) is 22.4. The molecule has 1 saturated carbocycles. The standard InChI is InChI=1S/C26H38ClN7O2/c1-5-34-12-11-18(15-34)30-22-10-9-17(13-23(22)36-4)31-26-28-14-20(27)24(33-26)32-21-8-6-7-19(21)25(35)29-16(2)3/h9-10,13-14,16,18-19,21,30H,5-8,11-12,15H2,1-4H3,(H,29,35)(H2,28,31,32,33)/t18-,19+,21-/m1/s1. The smallest absolute Gasteiger partial charge is 0.229 e. The van der Waals surface area contributed by atoms with E-state index in [2.05, 4.69) is 43.1 Å². The number of carbonyl (C=O) groups excluding carboxylic acids is 1. The molecule has 0 radical (unpaired) electrons. The van der Waals surface area contributed by atoms with E-state index in [1.54, 1.807) is 13.3 Å². The fraction of sp³-hybridized carbons (Fsp3) is 0.577. The molecule has 10 heteroatoms. The number of rotatable bonds is 10. The van der Waals surface area contributed by atoms with Crippen LogP contribution in [0.5, 0.6) is 5.75 Å². The number of hydrogen-bond donors (Lipinski definition) is 4. The van der Waals surface area contributed by atoms with E-state index in [0.29, 0.717) is 22.8 Å². The number of nitrogens with one attached hydrogen (secondary N) is 4. The number of methoxy groups -OCH3 is 1. The van der Waals surface area contributed by atoms with Crippen molar-refractivity contribution < 1.29 is 9.53 Å². The van der Waals surface area contributed by atoms with Crippen LogP contribution in [0.1, 0.15) is 46.5 Å². The normalized spacial score (nSPS) is 22.0. The number of halogens is 1. The fourth-order valence-electron chi connectivity index (χ4n) is 5.02. The second-order valence-electron chi connectivity index (χ2n) is 9.90. The van der Waals surface area contributed by atoms with Crippen LogP contribution in [0.15, 0.2) is 24.4 Å². The number of ether oxygens (including phenoxy) is 1. The number of likely N-dealkylation sites (N-methyl/N-ethyl adjacent to an activating group) is 1. The molecule has 1 aromatic carbocycles. The molecule has 0 bridgehead atoms. The van der Waals surface area contributed by atoms with Gasteiger partial charge in [-0.1, -0.05) is 24.9 Å². The van der Waals surface area contributed by atoms with E-state index < -0.39 is 0 Å². The summed E-state index contributed by atoms with van der Waals surface area (Å²) >= 11 is 6.41. The Kier molecular flexibility index (Phi) is 8.74. The largest absolute Gasteiger partial charge is 0.495 e. The Labute approximate surface area is 218 Å². The average molecular weight is 516 g/mol. The van der Waals surface area contributed by atoms with Crippen molar-refractivity contribution in [2.75, 3.05) is 42.7 Å². The van der Waals surface area contributed by atoms with Gasteiger partial charge in [-0.15, -0.1) is 0 Å². The molecule has 9 nitrogen and oxygen atoms in total. The van der Waals surface area contributed by atoms with Crippen molar-refractivity contribution in [2.24, 2.45) is 5.92 Å². The monoisotopic (exact) mass is 515 g/mol. The lowest BCUT2D eigenvalue weighted by molar-refractivity contribution is -0.125. The van der Waals surface area contributed by atoms with Crippen LogP contribution in [0.4, 0.5) is 23.1 Å². The van der Waals surface area contributed by atoms with Crippen LogP contribution in [0.2, 0.25) is 5.02 Å². The van der Waals surface area contributed by atoms with Crippen molar-refractivity contribution in [2.45, 2.75) is 64.6 Å². The van der Waals surface area contributed by atoms with Crippen molar-refractivity contribution in [1.82, 2.24) is 20.2 Å². The summed E-state index contributed by atoms with van der Waals surface area (Å²) in [5.74, 6) is 1.66. The molecule has 4 N–H and O–H groups in total. The van der Waals surface area contributed by atoms with Crippen LogP contribution >= 0.6 is 11.6 Å². The quantitative estimate of drug-likeness (QED) is 0.367. The molecule has 196 valence electrons. The lowest BCUT2D eigenvalue weighted by Crippen LogP contribution is -2.41. The number of aromatic nitrogens is 2. The maximum atomic E-state index is 12.6. The summed E-state index contributed by atoms with van der Waals surface area (Å²) in [7, 11) is 1.67. The van der Waals surface area contributed by atoms with Crippen LogP contribution in [-0.2, 0) is 4.79 Å². The van der Waals surface area contributed by atoms with Gasteiger partial charge in [-0.3, -0.25) is 4.79 Å². The van der Waals surface area contributed by atoms with Gasteiger partial charge < -0.3 is 30.9 Å². The van der Waals surface area contributed by atoms with Gasteiger partial charge in [0.1, 0.15) is 10.8 Å². The van der Waals surface area contributed by atoms with Crippen molar-refractivity contribution in [1.29, 1.82) is 0 Å². The molecule has 2 aliphatic rings. The molecular weight excluding hydrogens is 478 g/mol. The average Bonchev–Trinajstić information content (AvgIpc) is 3.51. The van der Waals surface area contributed by atoms with Crippen LogP contribution in [-0.4, -0.2) is 65.6 Å². The van der Waals surface area contributed by atoms with E-state index in [0.717, 1.165) is 62.4 Å². The molecule has 0 unspecified atom stereocenters. The van der Waals surface area contributed by atoms with E-state index in [1.165, 1.54) is 0 Å². The molecule has 2 aromatic rings. The molecule has 1 aliphatic carbocycles. The Morgan fingerprint density at radius 3 is 2.81 bits per heavy atom. The second-order valence-corrected chi connectivity index (χ2v) is 10.3. The summed E-state index contributed by atoms with van der Waals surface area (Å²) in [5.41, 5.74) is 1.78. The van der Waals surface area contributed by atoms with Gasteiger partial charge in [0.15, 0.2) is 5.82 Å². The number of likely N-dealkylation sites (tertiary alicyclic amines) is 1. The number of hydrogen-bond acceptors (Lipinski definition) is 8. The van der Waals surface area contributed by atoms with Gasteiger partial charge in [-0.05, 0) is 51.8 Å². The minimum Gasteiger partial charge on any atom is -0.495 e. The Hall–Kier alpha value is -2.78. The number of amides is 1. The molecular formula is C26H38ClN7O2. The minimum absolute atomic E-state index is 0.0197. The molecule has 2 heterocycles. The van der Waals surface area contributed by atoms with Gasteiger partial charge in [0, 0.05) is 43.0 Å². The molecule has 1 amide bonds. The first-order chi connectivity index (χ1) is 17.4. The Morgan fingerprint density at radius 2 is 2.08 bits per heavy atom. The van der Waals surface area contributed by atoms with Gasteiger partial charge >= 0.3 is 0 Å². The van der Waals surface area contributed by atoms with E-state index in [4.69, 9.17) is 16.3 Å². The van der Waals surface area contributed by atoms with E-state index >= 15 is 0 Å². The third-order valence-corrected chi connectivity index (χ3v) is 7.16. The van der Waals surface area contributed by atoms with E-state index in [9.17, 15) is 4.79 Å². The van der Waals surface area contributed by atoms with E-state index in [-0.39, 0.29) is 23.9 Å². The number of benzene rings is 1. The number of carbonyl (C=O) groups is 1. The molecule has 1 aliphatic heterocycles. The Bertz CT molecular complexity index is 1050. The predicted octanol–water partition coefficient (Wildman–Crippen LogP) is 4.49. The molecule has 0 spiro atoms. The highest BCUT2D eigenvalue weighted by molar-refractivity contribution is 6.32. The summed E-state index contributed by atoms with van der Waals surface area (Å²) < 4.78 is 5.65. The predicted molar refractivity (Wildman–Crippen MR) is 145 cm³/mol. The van der Waals surface area contributed by atoms with Crippen LogP contribution in [0.3, 0.4) is 0 Å². The molecule has 36 heavy (non-hydrogen) atoms. The zero-order chi connectivity index (χ0) is 25.7. The first kappa shape index (κ1) is 26.3. The summed E-state index contributed by atoms with van der Waals surface area (Å²) in [6.07, 6.45) is 5.42. The highest BCUT2D eigenvalue weighted by Crippen LogP contribution is 2.33. The Morgan fingerprint density at radius 1 is 1.25 bits per heavy atom. The van der Waals surface area contributed by atoms with Crippen LogP contribution < -0.4 is 26.0 Å². The van der Waals surface area contributed by atoms with E-state index in [1.807, 2.05) is 32.0 Å². The highest BCUT2D eigenvalue weighted by Gasteiger charge is 2.34. The second kappa shape index (κ2) is 12.0. The third kappa shape index (κ3) is 6.50. The lowest BCUT2D eigenvalue weighted by atomic mass is 10.0. The lowest BCUT2D eigenvalue weighted by Gasteiger charge is -2.22. The topological polar surface area (TPSA) is 103 Å². The Balaban J connectivity index is 1.43. The van der Waals surface area contributed by atoms with Crippen molar-refractivity contribution in [3.8, 4) is 5.75 Å². The molecule has 1 saturated heterocycles. The van der Waals surface area contributed by atoms with Gasteiger partial charge in [0.25, 0.3) is 0 Å². The maximum absolute atomic E-state index is 12.6. The summed E-state index contributed by atoms with van der Waals surface area (Å²) in [4.78, 5) is 24.0. The molecule has 4 rings (SSSR count). The molecule has 1 aromatic heterocycles. The highest BCUT2D eigenvalue weighted by atomic mass is 35.5. The van der Waals surface area contributed by atoms with Crippen LogP contribution in [0, 0.1) is 5.92 Å². The first-order valence-corrected chi connectivity index (χ1v) is 13.3. The first-order valence-electron chi connectivity index (χ1n) is 12.9. The zero-order valence-electron chi connectivity index (χ0n) is 21.6. The fourth-order valence-corrected chi connectivity index (χ4v) is 5.16. The van der Waals surface area contributed by atoms with Crippen molar-refractivity contribution in [3.63, 3.8) is 0 Å². The summed E-state index contributed by atoms with van der Waals surface area (Å²) in [6, 6.07) is 6.43. The summed E-state index contributed by atoms with van der Waals surface area (Å²) in [6.45, 7) is 9.36. The maximum Gasteiger partial charge on any atom is 0.229 e. The van der Waals surface area contributed by atoms with Crippen LogP contribution in [0.25, 0.3) is 0 Å². The third-order valence-electron chi connectivity index (χ3n) is 6.89. The summed E-state index contributed by atoms with van der Waals surface area (Å²) in [5, 5.41) is 13.7. The van der Waals surface area contributed by atoms with Gasteiger partial charge in [0.05, 0.1) is 24.9 Å². The van der Waals surface area contributed by atoms with Crippen molar-refractivity contribution in [3.05, 3.63) is 29.4 Å². The molecule has 3 atom stereocenters.